The lowest BCUT2D eigenvalue weighted by Gasteiger charge is -2.24. The van der Waals surface area contributed by atoms with Gasteiger partial charge in [-0.1, -0.05) is 12.1 Å². The van der Waals surface area contributed by atoms with E-state index in [0.29, 0.717) is 35.7 Å². The third-order valence-corrected chi connectivity index (χ3v) is 5.58. The SMILES string of the molecule is CN(C)c1ncc(-c2cccc(F)c2)c([C@@H]2CCCN2S(C)(=O)=O)n1. The Kier molecular flexibility index (Phi) is 4.75. The minimum absolute atomic E-state index is 0.355. The molecule has 1 aromatic carbocycles. The molecule has 3 rings (SSSR count). The fourth-order valence-corrected chi connectivity index (χ4v) is 4.27. The van der Waals surface area contributed by atoms with Gasteiger partial charge in [0, 0.05) is 32.4 Å². The zero-order valence-electron chi connectivity index (χ0n) is 14.5. The van der Waals surface area contributed by atoms with Crippen molar-refractivity contribution in [2.24, 2.45) is 0 Å². The molecule has 1 aromatic heterocycles. The number of anilines is 1. The van der Waals surface area contributed by atoms with E-state index in [2.05, 4.69) is 9.97 Å². The summed E-state index contributed by atoms with van der Waals surface area (Å²) in [6, 6.07) is 5.82. The lowest BCUT2D eigenvalue weighted by atomic mass is 10.0. The van der Waals surface area contributed by atoms with Gasteiger partial charge in [0.25, 0.3) is 0 Å². The standard InChI is InChI=1S/C17H21FN4O2S/c1-21(2)17-19-11-14(12-6-4-7-13(18)10-12)16(20-17)15-8-5-9-22(15)25(3,23)24/h4,6-7,10-11,15H,5,8-9H2,1-3H3/t15-/m0/s1. The molecule has 1 aliphatic heterocycles. The first-order valence-corrected chi connectivity index (χ1v) is 9.89. The number of benzene rings is 1. The van der Waals surface area contributed by atoms with Crippen molar-refractivity contribution in [1.29, 1.82) is 0 Å². The maximum Gasteiger partial charge on any atom is 0.225 e. The average molecular weight is 364 g/mol. The largest absolute Gasteiger partial charge is 0.347 e. The number of nitrogens with zero attached hydrogens (tertiary/aromatic N) is 4. The van der Waals surface area contributed by atoms with Crippen molar-refractivity contribution in [3.05, 3.63) is 42.0 Å². The molecule has 1 atom stereocenters. The molecule has 0 bridgehead atoms. The molecule has 0 spiro atoms. The van der Waals surface area contributed by atoms with Crippen LogP contribution in [0, 0.1) is 5.82 Å². The molecule has 134 valence electrons. The van der Waals surface area contributed by atoms with E-state index in [9.17, 15) is 12.8 Å². The Morgan fingerprint density at radius 1 is 1.32 bits per heavy atom. The average Bonchev–Trinajstić information content (AvgIpc) is 3.04. The van der Waals surface area contributed by atoms with Crippen molar-refractivity contribution in [3.8, 4) is 11.1 Å². The molecule has 8 heteroatoms. The van der Waals surface area contributed by atoms with Gasteiger partial charge < -0.3 is 4.90 Å². The number of halogens is 1. The van der Waals surface area contributed by atoms with Crippen molar-refractivity contribution < 1.29 is 12.8 Å². The van der Waals surface area contributed by atoms with Gasteiger partial charge >= 0.3 is 0 Å². The number of sulfonamides is 1. The summed E-state index contributed by atoms with van der Waals surface area (Å²) < 4.78 is 39.4. The minimum Gasteiger partial charge on any atom is -0.347 e. The lowest BCUT2D eigenvalue weighted by Crippen LogP contribution is -2.30. The van der Waals surface area contributed by atoms with Crippen LogP contribution in [0.2, 0.25) is 0 Å². The third kappa shape index (κ3) is 3.64. The van der Waals surface area contributed by atoms with Crippen molar-refractivity contribution in [3.63, 3.8) is 0 Å². The highest BCUT2D eigenvalue weighted by Crippen LogP contribution is 2.38. The van der Waals surface area contributed by atoms with Crippen LogP contribution in [0.4, 0.5) is 10.3 Å². The summed E-state index contributed by atoms with van der Waals surface area (Å²) in [6.45, 7) is 0.466. The normalized spacial score (nSPS) is 18.5. The van der Waals surface area contributed by atoms with Crippen LogP contribution in [-0.4, -0.2) is 49.6 Å². The highest BCUT2D eigenvalue weighted by Gasteiger charge is 2.35. The second-order valence-corrected chi connectivity index (χ2v) is 8.34. The van der Waals surface area contributed by atoms with Crippen LogP contribution in [-0.2, 0) is 10.0 Å². The van der Waals surface area contributed by atoms with Gasteiger partial charge in [0.2, 0.25) is 16.0 Å². The smallest absolute Gasteiger partial charge is 0.225 e. The monoisotopic (exact) mass is 364 g/mol. The second-order valence-electron chi connectivity index (χ2n) is 6.41. The molecule has 0 unspecified atom stereocenters. The van der Waals surface area contributed by atoms with Gasteiger partial charge in [-0.25, -0.2) is 22.8 Å². The Labute approximate surface area is 147 Å². The van der Waals surface area contributed by atoms with Crippen molar-refractivity contribution >= 4 is 16.0 Å². The molecule has 6 nitrogen and oxygen atoms in total. The highest BCUT2D eigenvalue weighted by atomic mass is 32.2. The first kappa shape index (κ1) is 17.8. The summed E-state index contributed by atoms with van der Waals surface area (Å²) in [7, 11) is 0.292. The second kappa shape index (κ2) is 6.68. The first-order chi connectivity index (χ1) is 11.8. The van der Waals surface area contributed by atoms with E-state index >= 15 is 0 Å². The molecule has 0 saturated carbocycles. The molecule has 25 heavy (non-hydrogen) atoms. The molecule has 1 aliphatic rings. The summed E-state index contributed by atoms with van der Waals surface area (Å²) in [5.41, 5.74) is 1.92. The summed E-state index contributed by atoms with van der Waals surface area (Å²) in [5, 5.41) is 0. The van der Waals surface area contributed by atoms with Crippen LogP contribution in [0.25, 0.3) is 11.1 Å². The molecular weight excluding hydrogens is 343 g/mol. The van der Waals surface area contributed by atoms with Gasteiger partial charge in [-0.2, -0.15) is 4.31 Å². The van der Waals surface area contributed by atoms with Gasteiger partial charge in [0.05, 0.1) is 18.0 Å². The van der Waals surface area contributed by atoms with Crippen molar-refractivity contribution in [1.82, 2.24) is 14.3 Å². The van der Waals surface area contributed by atoms with Crippen LogP contribution in [0.5, 0.6) is 0 Å². The van der Waals surface area contributed by atoms with Crippen LogP contribution >= 0.6 is 0 Å². The molecule has 0 aliphatic carbocycles. The van der Waals surface area contributed by atoms with Gasteiger partial charge in [-0.15, -0.1) is 0 Å². The number of rotatable bonds is 4. The van der Waals surface area contributed by atoms with Crippen LogP contribution in [0.1, 0.15) is 24.6 Å². The van der Waals surface area contributed by atoms with E-state index in [-0.39, 0.29) is 11.9 Å². The Bertz CT molecular complexity index is 886. The topological polar surface area (TPSA) is 66.4 Å². The summed E-state index contributed by atoms with van der Waals surface area (Å²) in [5.74, 6) is 0.141. The number of hydrogen-bond acceptors (Lipinski definition) is 5. The molecular formula is C17H21FN4O2S. The zero-order chi connectivity index (χ0) is 18.2. The van der Waals surface area contributed by atoms with Gasteiger partial charge in [0.1, 0.15) is 5.82 Å². The number of aromatic nitrogens is 2. The number of hydrogen-bond donors (Lipinski definition) is 0. The van der Waals surface area contributed by atoms with Gasteiger partial charge in [-0.05, 0) is 30.5 Å². The molecule has 1 fully saturated rings. The van der Waals surface area contributed by atoms with Gasteiger partial charge in [-0.3, -0.25) is 0 Å². The summed E-state index contributed by atoms with van der Waals surface area (Å²) >= 11 is 0. The lowest BCUT2D eigenvalue weighted by molar-refractivity contribution is 0.394. The third-order valence-electron chi connectivity index (χ3n) is 4.29. The van der Waals surface area contributed by atoms with Crippen molar-refractivity contribution in [2.75, 3.05) is 31.8 Å². The summed E-state index contributed by atoms with van der Waals surface area (Å²) in [4.78, 5) is 10.7. The quantitative estimate of drug-likeness (QED) is 0.834. The van der Waals surface area contributed by atoms with E-state index in [1.165, 1.54) is 22.7 Å². The van der Waals surface area contributed by atoms with E-state index in [1.54, 1.807) is 23.2 Å². The molecule has 2 heterocycles. The van der Waals surface area contributed by atoms with Gasteiger partial charge in [0.15, 0.2) is 0 Å². The van der Waals surface area contributed by atoms with Crippen LogP contribution < -0.4 is 4.90 Å². The van der Waals surface area contributed by atoms with E-state index in [0.717, 1.165) is 6.42 Å². The Morgan fingerprint density at radius 2 is 2.08 bits per heavy atom. The van der Waals surface area contributed by atoms with E-state index in [4.69, 9.17) is 0 Å². The fraction of sp³-hybridized carbons (Fsp3) is 0.412. The Balaban J connectivity index is 2.17. The van der Waals surface area contributed by atoms with Crippen LogP contribution in [0.3, 0.4) is 0 Å². The van der Waals surface area contributed by atoms with E-state index < -0.39 is 10.0 Å². The Morgan fingerprint density at radius 3 is 2.72 bits per heavy atom. The predicted octanol–water partition coefficient (Wildman–Crippen LogP) is 2.45. The maximum atomic E-state index is 13.7. The van der Waals surface area contributed by atoms with E-state index in [1.807, 2.05) is 14.1 Å². The van der Waals surface area contributed by atoms with Crippen molar-refractivity contribution in [2.45, 2.75) is 18.9 Å². The predicted molar refractivity (Wildman–Crippen MR) is 95.3 cm³/mol. The fourth-order valence-electron chi connectivity index (χ4n) is 3.14. The molecule has 0 radical (unpaired) electrons. The maximum absolute atomic E-state index is 13.7. The molecule has 0 amide bonds. The molecule has 1 saturated heterocycles. The van der Waals surface area contributed by atoms with Crippen LogP contribution in [0.15, 0.2) is 30.5 Å². The molecule has 0 N–H and O–H groups in total. The summed E-state index contributed by atoms with van der Waals surface area (Å²) in [6.07, 6.45) is 4.30. The highest BCUT2D eigenvalue weighted by molar-refractivity contribution is 7.88. The minimum atomic E-state index is -3.35. The first-order valence-electron chi connectivity index (χ1n) is 8.04. The zero-order valence-corrected chi connectivity index (χ0v) is 15.3. The molecule has 2 aromatic rings. The Hall–Kier alpha value is -2.06.